The van der Waals surface area contributed by atoms with E-state index >= 15 is 0 Å². The van der Waals surface area contributed by atoms with E-state index in [9.17, 15) is 10.1 Å². The van der Waals surface area contributed by atoms with Gasteiger partial charge in [-0.1, -0.05) is 24.3 Å². The lowest BCUT2D eigenvalue weighted by atomic mass is 9.53. The van der Waals surface area contributed by atoms with E-state index in [1.54, 1.807) is 20.3 Å². The summed E-state index contributed by atoms with van der Waals surface area (Å²) in [4.78, 5) is 15.5. The fraction of sp³-hybridized carbons (Fsp3) is 0.407. The van der Waals surface area contributed by atoms with Gasteiger partial charge in [-0.05, 0) is 50.2 Å². The van der Waals surface area contributed by atoms with Gasteiger partial charge in [-0.2, -0.15) is 5.26 Å². The lowest BCUT2D eigenvalue weighted by Gasteiger charge is -2.56. The van der Waals surface area contributed by atoms with E-state index in [-0.39, 0.29) is 23.7 Å². The predicted octanol–water partition coefficient (Wildman–Crippen LogP) is 3.76. The van der Waals surface area contributed by atoms with E-state index in [0.29, 0.717) is 35.3 Å². The van der Waals surface area contributed by atoms with Gasteiger partial charge in [0.15, 0.2) is 23.0 Å². The van der Waals surface area contributed by atoms with Crippen molar-refractivity contribution in [2.45, 2.75) is 37.3 Å². The number of fused-ring (bicyclic) bond motifs is 1. The van der Waals surface area contributed by atoms with Crippen LogP contribution in [-0.4, -0.2) is 44.5 Å². The second-order valence-corrected chi connectivity index (χ2v) is 9.21. The topological polar surface area (TPSA) is 71.8 Å². The Kier molecular flexibility index (Phi) is 5.38. The van der Waals surface area contributed by atoms with Crippen molar-refractivity contribution in [2.24, 2.45) is 5.92 Å². The molecule has 0 spiro atoms. The molecule has 6 heteroatoms. The Morgan fingerprint density at radius 1 is 1.18 bits per heavy atom. The van der Waals surface area contributed by atoms with Crippen LogP contribution in [0, 0.1) is 17.2 Å². The van der Waals surface area contributed by atoms with Crippen molar-refractivity contribution in [3.05, 3.63) is 70.5 Å². The van der Waals surface area contributed by atoms with Crippen LogP contribution in [0.5, 0.6) is 11.5 Å². The standard InChI is InChI=1S/C27H28N2O4/c1-29-11-10-27-14-22(30)24(32-3)13-20(27)21(29)12-17-8-9-23(31-2)26(25(17)27)33-16-19-7-5-4-6-18(19)15-28/h4-9,13,20-21H,10-12,14,16H2,1-3H3/t20-,21+,27-/m1/s1. The molecular formula is C27H28N2O4. The summed E-state index contributed by atoms with van der Waals surface area (Å²) in [7, 11) is 5.38. The molecule has 6 nitrogen and oxygen atoms in total. The molecular weight excluding hydrogens is 416 g/mol. The Balaban J connectivity index is 1.65. The molecule has 3 aliphatic rings. The number of Topliss-reactive ketones (excluding diaryl/α,β-unsaturated/α-hetero) is 1. The highest BCUT2D eigenvalue weighted by atomic mass is 16.5. The summed E-state index contributed by atoms with van der Waals surface area (Å²) in [6.45, 7) is 1.17. The third kappa shape index (κ3) is 3.30. The van der Waals surface area contributed by atoms with Crippen molar-refractivity contribution in [3.8, 4) is 17.6 Å². The Morgan fingerprint density at radius 2 is 2.00 bits per heavy atom. The largest absolute Gasteiger partial charge is 0.493 e. The highest BCUT2D eigenvalue weighted by Gasteiger charge is 2.56. The van der Waals surface area contributed by atoms with Crippen LogP contribution in [0.25, 0.3) is 0 Å². The van der Waals surface area contributed by atoms with Crippen LogP contribution >= 0.6 is 0 Å². The predicted molar refractivity (Wildman–Crippen MR) is 123 cm³/mol. The van der Waals surface area contributed by atoms with Crippen molar-refractivity contribution in [1.82, 2.24) is 4.90 Å². The zero-order valence-electron chi connectivity index (χ0n) is 19.3. The first-order valence-electron chi connectivity index (χ1n) is 11.3. The molecule has 0 saturated carbocycles. The Labute approximate surface area is 194 Å². The van der Waals surface area contributed by atoms with E-state index in [2.05, 4.69) is 24.1 Å². The minimum absolute atomic E-state index is 0.0356. The van der Waals surface area contributed by atoms with Crippen molar-refractivity contribution in [2.75, 3.05) is 27.8 Å². The second kappa shape index (κ2) is 8.24. The minimum Gasteiger partial charge on any atom is -0.493 e. The molecule has 1 fully saturated rings. The molecule has 170 valence electrons. The van der Waals surface area contributed by atoms with Gasteiger partial charge in [0, 0.05) is 34.9 Å². The van der Waals surface area contributed by atoms with Crippen LogP contribution in [0.15, 0.2) is 48.2 Å². The maximum atomic E-state index is 13.1. The number of likely N-dealkylation sites (tertiary alicyclic amines) is 1. The average Bonchev–Trinajstić information content (AvgIpc) is 2.84. The van der Waals surface area contributed by atoms with E-state index < -0.39 is 0 Å². The molecule has 2 bridgehead atoms. The van der Waals surface area contributed by atoms with Gasteiger partial charge >= 0.3 is 0 Å². The van der Waals surface area contributed by atoms with Crippen molar-refractivity contribution < 1.29 is 19.0 Å². The van der Waals surface area contributed by atoms with Gasteiger partial charge in [0.25, 0.3) is 0 Å². The molecule has 2 aliphatic carbocycles. The fourth-order valence-corrected chi connectivity index (χ4v) is 6.06. The van der Waals surface area contributed by atoms with E-state index in [1.807, 2.05) is 30.3 Å². The highest BCUT2D eigenvalue weighted by molar-refractivity contribution is 5.96. The molecule has 0 radical (unpaired) electrons. The monoisotopic (exact) mass is 444 g/mol. The van der Waals surface area contributed by atoms with Crippen LogP contribution in [-0.2, 0) is 28.0 Å². The van der Waals surface area contributed by atoms with E-state index in [0.717, 1.165) is 30.5 Å². The summed E-state index contributed by atoms with van der Waals surface area (Å²) in [6, 6.07) is 14.1. The fourth-order valence-electron chi connectivity index (χ4n) is 6.06. The van der Waals surface area contributed by atoms with Gasteiger partial charge in [-0.3, -0.25) is 4.79 Å². The number of hydrogen-bond donors (Lipinski definition) is 0. The number of benzene rings is 2. The first-order chi connectivity index (χ1) is 16.0. The molecule has 0 aromatic heterocycles. The molecule has 3 atom stereocenters. The molecule has 1 saturated heterocycles. The lowest BCUT2D eigenvalue weighted by Crippen LogP contribution is -2.60. The van der Waals surface area contributed by atoms with Gasteiger partial charge in [-0.15, -0.1) is 0 Å². The Hall–Kier alpha value is -3.30. The third-order valence-corrected chi connectivity index (χ3v) is 7.70. The van der Waals surface area contributed by atoms with Gasteiger partial charge in [0.2, 0.25) is 0 Å². The third-order valence-electron chi connectivity index (χ3n) is 7.70. The average molecular weight is 445 g/mol. The quantitative estimate of drug-likeness (QED) is 0.699. The van der Waals surface area contributed by atoms with Gasteiger partial charge < -0.3 is 19.1 Å². The molecule has 2 aromatic carbocycles. The minimum atomic E-state index is -0.359. The second-order valence-electron chi connectivity index (χ2n) is 9.21. The highest BCUT2D eigenvalue weighted by Crippen LogP contribution is 2.58. The number of nitriles is 1. The number of piperidine rings is 1. The van der Waals surface area contributed by atoms with Gasteiger partial charge in [-0.25, -0.2) is 0 Å². The summed E-state index contributed by atoms with van der Waals surface area (Å²) >= 11 is 0. The van der Waals surface area contributed by atoms with Crippen molar-refractivity contribution in [1.29, 1.82) is 5.26 Å². The number of ether oxygens (including phenoxy) is 3. The number of carbonyl (C=O) groups is 1. The number of carbonyl (C=O) groups excluding carboxylic acids is 1. The first-order valence-corrected chi connectivity index (χ1v) is 11.3. The molecule has 0 amide bonds. The van der Waals surface area contributed by atoms with Gasteiger partial charge in [0.1, 0.15) is 6.61 Å². The SMILES string of the molecule is COC1=C[C@@H]2[C@@H]3Cc4ccc(OC)c(OCc5ccccc5C#N)c4[C@]2(CCN3C)CC1=O. The zero-order valence-corrected chi connectivity index (χ0v) is 19.3. The number of likely N-dealkylation sites (N-methyl/N-ethyl adjacent to an activating group) is 1. The van der Waals surface area contributed by atoms with Crippen molar-refractivity contribution in [3.63, 3.8) is 0 Å². The van der Waals surface area contributed by atoms with Crippen LogP contribution in [0.3, 0.4) is 0 Å². The van der Waals surface area contributed by atoms with Crippen molar-refractivity contribution >= 4 is 5.78 Å². The zero-order chi connectivity index (χ0) is 23.2. The van der Waals surface area contributed by atoms with Gasteiger partial charge in [0.05, 0.1) is 25.9 Å². The number of hydrogen-bond acceptors (Lipinski definition) is 6. The maximum absolute atomic E-state index is 13.1. The number of nitrogens with zero attached hydrogens (tertiary/aromatic N) is 2. The molecule has 1 heterocycles. The van der Waals surface area contributed by atoms with Crippen LogP contribution in [0.4, 0.5) is 0 Å². The molecule has 0 unspecified atom stereocenters. The first kappa shape index (κ1) is 21.5. The summed E-state index contributed by atoms with van der Waals surface area (Å²) < 4.78 is 17.6. The van der Waals surface area contributed by atoms with Crippen LogP contribution in [0.1, 0.15) is 35.1 Å². The maximum Gasteiger partial charge on any atom is 0.197 e. The molecule has 1 aliphatic heterocycles. The lowest BCUT2D eigenvalue weighted by molar-refractivity contribution is -0.122. The number of ketones is 1. The van der Waals surface area contributed by atoms with Crippen LogP contribution < -0.4 is 9.47 Å². The normalized spacial score (nSPS) is 25.9. The summed E-state index contributed by atoms with van der Waals surface area (Å²) in [5, 5.41) is 9.49. The summed E-state index contributed by atoms with van der Waals surface area (Å²) in [5.74, 6) is 2.00. The smallest absolute Gasteiger partial charge is 0.197 e. The molecule has 33 heavy (non-hydrogen) atoms. The number of methoxy groups -OCH3 is 2. The van der Waals surface area contributed by atoms with E-state index in [1.165, 1.54) is 5.56 Å². The Bertz CT molecular complexity index is 1180. The van der Waals surface area contributed by atoms with Crippen LogP contribution in [0.2, 0.25) is 0 Å². The molecule has 5 rings (SSSR count). The number of rotatable bonds is 5. The molecule has 0 N–H and O–H groups in total. The summed E-state index contributed by atoms with van der Waals surface area (Å²) in [5.41, 5.74) is 3.35. The summed E-state index contributed by atoms with van der Waals surface area (Å²) in [6.07, 6.45) is 4.17. The molecule has 2 aromatic rings. The Morgan fingerprint density at radius 3 is 2.76 bits per heavy atom. The van der Waals surface area contributed by atoms with E-state index in [4.69, 9.17) is 14.2 Å². The number of allylic oxidation sites excluding steroid dienone is 1.